The number of aliphatic carboxylic acids is 1. The van der Waals surface area contributed by atoms with Gasteiger partial charge in [-0.25, -0.2) is 13.8 Å². The lowest BCUT2D eigenvalue weighted by molar-refractivity contribution is -0.137. The minimum atomic E-state index is -1.04. The van der Waals surface area contributed by atoms with Gasteiger partial charge in [0.1, 0.15) is 12.4 Å². The lowest BCUT2D eigenvalue weighted by Gasteiger charge is -2.10. The minimum absolute atomic E-state index is 0.281. The molecular weight excluding hydrogens is 266 g/mol. The summed E-state index contributed by atoms with van der Waals surface area (Å²) in [7, 11) is 0. The fourth-order valence-electron chi connectivity index (χ4n) is 2.09. The topological polar surface area (TPSA) is 55.1 Å². The van der Waals surface area contributed by atoms with E-state index in [1.165, 1.54) is 4.57 Å². The van der Waals surface area contributed by atoms with Crippen LogP contribution in [-0.2, 0) is 17.8 Å². The first-order valence-electron chi connectivity index (χ1n) is 6.48. The highest BCUT2D eigenvalue weighted by Crippen LogP contribution is 2.22. The maximum absolute atomic E-state index is 13.3. The number of carboxylic acids is 1. The number of benzene rings is 1. The summed E-state index contributed by atoms with van der Waals surface area (Å²) >= 11 is 0. The van der Waals surface area contributed by atoms with Crippen LogP contribution < -0.4 is 0 Å². The molecule has 1 aromatic heterocycles. The van der Waals surface area contributed by atoms with Gasteiger partial charge in [-0.3, -0.25) is 4.79 Å². The Morgan fingerprint density at radius 3 is 2.65 bits per heavy atom. The summed E-state index contributed by atoms with van der Waals surface area (Å²) in [6.07, 6.45) is 1.49. The van der Waals surface area contributed by atoms with Crippen LogP contribution in [0.3, 0.4) is 0 Å². The van der Waals surface area contributed by atoms with Crippen molar-refractivity contribution in [2.45, 2.75) is 33.2 Å². The molecule has 0 saturated carbocycles. The first-order chi connectivity index (χ1) is 9.42. The number of rotatable bonds is 5. The summed E-state index contributed by atoms with van der Waals surface area (Å²) in [5.41, 5.74) is 0.591. The first kappa shape index (κ1) is 14.4. The standard InChI is InChI=1S/C14H16F2N2O2/c1-3-8(2)4-13-17-11-5-9(15)10(16)6-12(11)18(13)7-14(19)20/h5-6,8H,3-4,7H2,1-2H3,(H,19,20). The molecule has 0 amide bonds. The zero-order chi connectivity index (χ0) is 14.9. The molecule has 4 nitrogen and oxygen atoms in total. The number of hydrogen-bond acceptors (Lipinski definition) is 2. The highest BCUT2D eigenvalue weighted by Gasteiger charge is 2.17. The van der Waals surface area contributed by atoms with E-state index in [1.807, 2.05) is 13.8 Å². The number of aromatic nitrogens is 2. The molecule has 0 aliphatic rings. The third-order valence-corrected chi connectivity index (χ3v) is 3.39. The van der Waals surface area contributed by atoms with Crippen molar-refractivity contribution in [3.05, 3.63) is 29.6 Å². The monoisotopic (exact) mass is 282 g/mol. The summed E-state index contributed by atoms with van der Waals surface area (Å²) < 4.78 is 28.0. The van der Waals surface area contributed by atoms with Crippen LogP contribution in [-0.4, -0.2) is 20.6 Å². The quantitative estimate of drug-likeness (QED) is 0.917. The number of halogens is 2. The molecule has 0 aliphatic carbocycles. The van der Waals surface area contributed by atoms with Crippen molar-refractivity contribution in [1.29, 1.82) is 0 Å². The highest BCUT2D eigenvalue weighted by molar-refractivity contribution is 5.78. The van der Waals surface area contributed by atoms with Gasteiger partial charge in [-0.2, -0.15) is 0 Å². The second kappa shape index (κ2) is 5.56. The van der Waals surface area contributed by atoms with Crippen LogP contribution >= 0.6 is 0 Å². The first-order valence-corrected chi connectivity index (χ1v) is 6.48. The van der Waals surface area contributed by atoms with Gasteiger partial charge in [0, 0.05) is 18.6 Å². The second-order valence-corrected chi connectivity index (χ2v) is 4.98. The molecule has 0 saturated heterocycles. The van der Waals surface area contributed by atoms with Crippen LogP contribution in [0.5, 0.6) is 0 Å². The molecule has 108 valence electrons. The summed E-state index contributed by atoms with van der Waals surface area (Å²) in [6.45, 7) is 3.73. The Kier molecular flexibility index (Phi) is 4.01. The fraction of sp³-hybridized carbons (Fsp3) is 0.429. The molecule has 1 heterocycles. The summed E-state index contributed by atoms with van der Waals surface area (Å²) in [4.78, 5) is 15.2. The lowest BCUT2D eigenvalue weighted by Crippen LogP contribution is -2.14. The van der Waals surface area contributed by atoms with Crippen molar-refractivity contribution >= 4 is 17.0 Å². The molecule has 1 unspecified atom stereocenters. The Morgan fingerprint density at radius 2 is 2.05 bits per heavy atom. The zero-order valence-electron chi connectivity index (χ0n) is 11.4. The van der Waals surface area contributed by atoms with Crippen LogP contribution in [0.25, 0.3) is 11.0 Å². The maximum atomic E-state index is 13.3. The van der Waals surface area contributed by atoms with Gasteiger partial charge < -0.3 is 9.67 Å². The van der Waals surface area contributed by atoms with Crippen LogP contribution in [0, 0.1) is 17.6 Å². The average Bonchev–Trinajstić information content (AvgIpc) is 2.67. The molecule has 20 heavy (non-hydrogen) atoms. The summed E-state index contributed by atoms with van der Waals surface area (Å²) in [5.74, 6) is -2.16. The Hall–Kier alpha value is -1.98. The molecule has 1 N–H and O–H groups in total. The van der Waals surface area contributed by atoms with Crippen molar-refractivity contribution in [1.82, 2.24) is 9.55 Å². The van der Waals surface area contributed by atoms with Crippen LogP contribution in [0.15, 0.2) is 12.1 Å². The smallest absolute Gasteiger partial charge is 0.323 e. The van der Waals surface area contributed by atoms with Gasteiger partial charge in [-0.1, -0.05) is 20.3 Å². The van der Waals surface area contributed by atoms with Crippen molar-refractivity contribution in [2.24, 2.45) is 5.92 Å². The molecule has 2 rings (SSSR count). The fourth-order valence-corrected chi connectivity index (χ4v) is 2.09. The summed E-state index contributed by atoms with van der Waals surface area (Å²) in [5, 5.41) is 8.97. The third kappa shape index (κ3) is 2.79. The van der Waals surface area contributed by atoms with E-state index in [1.54, 1.807) is 0 Å². The number of hydrogen-bond donors (Lipinski definition) is 1. The molecule has 0 spiro atoms. The molecule has 0 fully saturated rings. The van der Waals surface area contributed by atoms with Crippen LogP contribution in [0.2, 0.25) is 0 Å². The molecule has 0 bridgehead atoms. The van der Waals surface area contributed by atoms with Crippen molar-refractivity contribution < 1.29 is 18.7 Å². The van der Waals surface area contributed by atoms with Gasteiger partial charge in [0.25, 0.3) is 0 Å². The predicted octanol–water partition coefficient (Wildman–Crippen LogP) is 2.99. The van der Waals surface area contributed by atoms with E-state index in [-0.39, 0.29) is 12.1 Å². The number of nitrogens with zero attached hydrogens (tertiary/aromatic N) is 2. The Bertz CT molecular complexity index is 652. The van der Waals surface area contributed by atoms with E-state index in [0.717, 1.165) is 18.6 Å². The van der Waals surface area contributed by atoms with Gasteiger partial charge in [-0.15, -0.1) is 0 Å². The van der Waals surface area contributed by atoms with Gasteiger partial charge in [0.05, 0.1) is 11.0 Å². The second-order valence-electron chi connectivity index (χ2n) is 4.98. The molecule has 6 heteroatoms. The van der Waals surface area contributed by atoms with Crippen molar-refractivity contribution in [3.8, 4) is 0 Å². The van der Waals surface area contributed by atoms with E-state index < -0.39 is 17.6 Å². The number of fused-ring (bicyclic) bond motifs is 1. The van der Waals surface area contributed by atoms with Crippen LogP contribution in [0.4, 0.5) is 8.78 Å². The Labute approximate surface area is 115 Å². The molecule has 1 atom stereocenters. The van der Waals surface area contributed by atoms with Gasteiger partial charge >= 0.3 is 5.97 Å². The maximum Gasteiger partial charge on any atom is 0.323 e. The third-order valence-electron chi connectivity index (χ3n) is 3.39. The van der Waals surface area contributed by atoms with Gasteiger partial charge in [-0.05, 0) is 5.92 Å². The molecule has 0 aliphatic heterocycles. The number of imidazole rings is 1. The Morgan fingerprint density at radius 1 is 1.40 bits per heavy atom. The minimum Gasteiger partial charge on any atom is -0.480 e. The zero-order valence-corrected chi connectivity index (χ0v) is 11.4. The highest BCUT2D eigenvalue weighted by atomic mass is 19.2. The van der Waals surface area contributed by atoms with Gasteiger partial charge in [0.2, 0.25) is 0 Å². The summed E-state index contributed by atoms with van der Waals surface area (Å²) in [6, 6.07) is 2.00. The van der Waals surface area contributed by atoms with Crippen molar-refractivity contribution in [3.63, 3.8) is 0 Å². The van der Waals surface area contributed by atoms with E-state index >= 15 is 0 Å². The van der Waals surface area contributed by atoms with Gasteiger partial charge in [0.15, 0.2) is 11.6 Å². The Balaban J connectivity index is 2.57. The largest absolute Gasteiger partial charge is 0.480 e. The molecule has 0 radical (unpaired) electrons. The molecule has 1 aromatic carbocycles. The number of carboxylic acid groups (broad SMARTS) is 1. The number of carbonyl (C=O) groups is 1. The normalized spacial score (nSPS) is 12.8. The van der Waals surface area contributed by atoms with E-state index in [9.17, 15) is 13.6 Å². The molecular formula is C14H16F2N2O2. The van der Waals surface area contributed by atoms with E-state index in [2.05, 4.69) is 4.98 Å². The van der Waals surface area contributed by atoms with E-state index in [4.69, 9.17) is 5.11 Å². The molecule has 2 aromatic rings. The lowest BCUT2D eigenvalue weighted by atomic mass is 10.1. The van der Waals surface area contributed by atoms with Crippen LogP contribution in [0.1, 0.15) is 26.1 Å². The predicted molar refractivity (Wildman–Crippen MR) is 70.4 cm³/mol. The van der Waals surface area contributed by atoms with E-state index in [0.29, 0.717) is 23.7 Å². The average molecular weight is 282 g/mol. The SMILES string of the molecule is CCC(C)Cc1nc2cc(F)c(F)cc2n1CC(=O)O. The van der Waals surface area contributed by atoms with Crippen molar-refractivity contribution in [2.75, 3.05) is 0 Å².